The Bertz CT molecular complexity index is 655. The highest BCUT2D eigenvalue weighted by atomic mass is 79.9. The normalized spacial score (nSPS) is 14.7. The van der Waals surface area contributed by atoms with Crippen LogP contribution in [0.3, 0.4) is 0 Å². The molecule has 1 N–H and O–H groups in total. The van der Waals surface area contributed by atoms with Crippen LogP contribution in [0.5, 0.6) is 0 Å². The van der Waals surface area contributed by atoms with E-state index in [4.69, 9.17) is 4.74 Å². The molecular formula is C16H16BrN3O2. The number of carbonyl (C=O) groups is 1. The Morgan fingerprint density at radius 2 is 2.05 bits per heavy atom. The van der Waals surface area contributed by atoms with Crippen LogP contribution in [-0.2, 0) is 4.74 Å². The van der Waals surface area contributed by atoms with Gasteiger partial charge in [-0.25, -0.2) is 4.98 Å². The zero-order valence-electron chi connectivity index (χ0n) is 12.0. The quantitative estimate of drug-likeness (QED) is 0.912. The summed E-state index contributed by atoms with van der Waals surface area (Å²) in [5.74, 6) is -0.216. The number of morpholine rings is 1. The second-order valence-electron chi connectivity index (χ2n) is 4.97. The standard InChI is InChI=1S/C16H16BrN3O2/c17-12-2-1-3-13(10-12)19-16(21)15-5-4-14(11-18-15)20-6-8-22-9-7-20/h1-5,10-11H,6-9H2,(H,19,21). The van der Waals surface area contributed by atoms with Gasteiger partial charge in [0.15, 0.2) is 0 Å². The van der Waals surface area contributed by atoms with Crippen LogP contribution in [-0.4, -0.2) is 37.2 Å². The number of benzene rings is 1. The molecule has 0 aliphatic carbocycles. The SMILES string of the molecule is O=C(Nc1cccc(Br)c1)c1ccc(N2CCOCC2)cn1. The second kappa shape index (κ2) is 6.89. The molecule has 1 aliphatic rings. The molecule has 0 saturated carbocycles. The van der Waals surface area contributed by atoms with Gasteiger partial charge in [0.2, 0.25) is 0 Å². The first-order valence-electron chi connectivity index (χ1n) is 7.08. The van der Waals surface area contributed by atoms with Crippen LogP contribution in [0, 0.1) is 0 Å². The van der Waals surface area contributed by atoms with Gasteiger partial charge in [-0.1, -0.05) is 22.0 Å². The van der Waals surface area contributed by atoms with E-state index >= 15 is 0 Å². The first-order chi connectivity index (χ1) is 10.7. The van der Waals surface area contributed by atoms with E-state index in [2.05, 4.69) is 31.1 Å². The maximum absolute atomic E-state index is 12.2. The third-order valence-corrected chi connectivity index (χ3v) is 3.93. The molecule has 0 unspecified atom stereocenters. The van der Waals surface area contributed by atoms with Crippen molar-refractivity contribution in [2.75, 3.05) is 36.5 Å². The maximum atomic E-state index is 12.2. The highest BCUT2D eigenvalue weighted by Crippen LogP contribution is 2.18. The van der Waals surface area contributed by atoms with Crippen molar-refractivity contribution in [3.8, 4) is 0 Å². The Kier molecular flexibility index (Phi) is 4.70. The monoisotopic (exact) mass is 361 g/mol. The Hall–Kier alpha value is -1.92. The number of rotatable bonds is 3. The van der Waals surface area contributed by atoms with Crippen LogP contribution in [0.1, 0.15) is 10.5 Å². The van der Waals surface area contributed by atoms with Crippen molar-refractivity contribution < 1.29 is 9.53 Å². The molecule has 1 saturated heterocycles. The topological polar surface area (TPSA) is 54.5 Å². The minimum Gasteiger partial charge on any atom is -0.378 e. The van der Waals surface area contributed by atoms with E-state index in [1.165, 1.54) is 0 Å². The average molecular weight is 362 g/mol. The number of halogens is 1. The number of hydrogen-bond acceptors (Lipinski definition) is 4. The minimum absolute atomic E-state index is 0.216. The number of nitrogens with zero attached hydrogens (tertiary/aromatic N) is 2. The van der Waals surface area contributed by atoms with E-state index in [0.717, 1.165) is 42.2 Å². The molecule has 0 atom stereocenters. The number of amides is 1. The van der Waals surface area contributed by atoms with Gasteiger partial charge in [0.05, 0.1) is 25.1 Å². The predicted octanol–water partition coefficient (Wildman–Crippen LogP) is 2.93. The lowest BCUT2D eigenvalue weighted by Crippen LogP contribution is -2.36. The molecule has 5 nitrogen and oxygen atoms in total. The Morgan fingerprint density at radius 3 is 2.73 bits per heavy atom. The third kappa shape index (κ3) is 3.64. The number of ether oxygens (including phenoxy) is 1. The summed E-state index contributed by atoms with van der Waals surface area (Å²) < 4.78 is 6.25. The summed E-state index contributed by atoms with van der Waals surface area (Å²) in [5, 5.41) is 2.83. The zero-order valence-corrected chi connectivity index (χ0v) is 13.5. The van der Waals surface area contributed by atoms with E-state index in [1.807, 2.05) is 30.3 Å². The van der Waals surface area contributed by atoms with Gasteiger partial charge in [0.25, 0.3) is 5.91 Å². The molecule has 114 valence electrons. The van der Waals surface area contributed by atoms with Crippen molar-refractivity contribution in [1.29, 1.82) is 0 Å². The van der Waals surface area contributed by atoms with E-state index in [1.54, 1.807) is 12.3 Å². The Balaban J connectivity index is 1.68. The molecule has 2 aromatic rings. The number of nitrogens with one attached hydrogen (secondary N) is 1. The number of aromatic nitrogens is 1. The van der Waals surface area contributed by atoms with Gasteiger partial charge in [-0.2, -0.15) is 0 Å². The molecular weight excluding hydrogens is 346 g/mol. The summed E-state index contributed by atoms with van der Waals surface area (Å²) in [4.78, 5) is 18.7. The minimum atomic E-state index is -0.216. The lowest BCUT2D eigenvalue weighted by molar-refractivity contribution is 0.102. The molecule has 1 aliphatic heterocycles. The fourth-order valence-electron chi connectivity index (χ4n) is 2.29. The zero-order chi connectivity index (χ0) is 15.4. The highest BCUT2D eigenvalue weighted by Gasteiger charge is 2.13. The van der Waals surface area contributed by atoms with Crippen molar-refractivity contribution in [2.45, 2.75) is 0 Å². The van der Waals surface area contributed by atoms with Gasteiger partial charge in [-0.3, -0.25) is 4.79 Å². The van der Waals surface area contributed by atoms with E-state index in [0.29, 0.717) is 5.69 Å². The molecule has 0 radical (unpaired) electrons. The second-order valence-corrected chi connectivity index (χ2v) is 5.88. The van der Waals surface area contributed by atoms with Gasteiger partial charge < -0.3 is 15.0 Å². The van der Waals surface area contributed by atoms with Crippen LogP contribution in [0.4, 0.5) is 11.4 Å². The van der Waals surface area contributed by atoms with Crippen molar-refractivity contribution in [1.82, 2.24) is 4.98 Å². The molecule has 3 rings (SSSR count). The summed E-state index contributed by atoms with van der Waals surface area (Å²) in [7, 11) is 0. The van der Waals surface area contributed by atoms with Gasteiger partial charge >= 0.3 is 0 Å². The molecule has 1 fully saturated rings. The van der Waals surface area contributed by atoms with Gasteiger partial charge in [-0.05, 0) is 30.3 Å². The van der Waals surface area contributed by atoms with Gasteiger partial charge in [0, 0.05) is 23.2 Å². The van der Waals surface area contributed by atoms with Crippen LogP contribution in [0.2, 0.25) is 0 Å². The maximum Gasteiger partial charge on any atom is 0.274 e. The van der Waals surface area contributed by atoms with Crippen LogP contribution < -0.4 is 10.2 Å². The van der Waals surface area contributed by atoms with Crippen LogP contribution in [0.25, 0.3) is 0 Å². The fourth-order valence-corrected chi connectivity index (χ4v) is 2.69. The predicted molar refractivity (Wildman–Crippen MR) is 89.4 cm³/mol. The molecule has 1 aromatic heterocycles. The Labute approximate surface area is 137 Å². The summed E-state index contributed by atoms with van der Waals surface area (Å²) in [6.45, 7) is 3.16. The molecule has 1 amide bonds. The molecule has 0 spiro atoms. The first-order valence-corrected chi connectivity index (χ1v) is 7.87. The average Bonchev–Trinajstić information content (AvgIpc) is 2.56. The van der Waals surface area contributed by atoms with E-state index in [9.17, 15) is 4.79 Å². The highest BCUT2D eigenvalue weighted by molar-refractivity contribution is 9.10. The van der Waals surface area contributed by atoms with Gasteiger partial charge in [-0.15, -0.1) is 0 Å². The largest absolute Gasteiger partial charge is 0.378 e. The Morgan fingerprint density at radius 1 is 1.23 bits per heavy atom. The van der Waals surface area contributed by atoms with E-state index < -0.39 is 0 Å². The summed E-state index contributed by atoms with van der Waals surface area (Å²) >= 11 is 3.38. The van der Waals surface area contributed by atoms with Crippen molar-refractivity contribution in [3.63, 3.8) is 0 Å². The fraction of sp³-hybridized carbons (Fsp3) is 0.250. The van der Waals surface area contributed by atoms with Crippen molar-refractivity contribution >= 4 is 33.2 Å². The number of carbonyl (C=O) groups excluding carboxylic acids is 1. The smallest absolute Gasteiger partial charge is 0.274 e. The number of anilines is 2. The van der Waals surface area contributed by atoms with Crippen molar-refractivity contribution in [2.24, 2.45) is 0 Å². The molecule has 22 heavy (non-hydrogen) atoms. The summed E-state index contributed by atoms with van der Waals surface area (Å²) in [6.07, 6.45) is 1.74. The summed E-state index contributed by atoms with van der Waals surface area (Å²) in [6, 6.07) is 11.1. The third-order valence-electron chi connectivity index (χ3n) is 3.44. The van der Waals surface area contributed by atoms with Crippen LogP contribution in [0.15, 0.2) is 47.1 Å². The van der Waals surface area contributed by atoms with E-state index in [-0.39, 0.29) is 5.91 Å². The van der Waals surface area contributed by atoms with Crippen molar-refractivity contribution in [3.05, 3.63) is 52.8 Å². The lowest BCUT2D eigenvalue weighted by Gasteiger charge is -2.28. The number of pyridine rings is 1. The summed E-state index contributed by atoms with van der Waals surface area (Å²) in [5.41, 5.74) is 2.15. The van der Waals surface area contributed by atoms with Crippen LogP contribution >= 0.6 is 15.9 Å². The lowest BCUT2D eigenvalue weighted by atomic mass is 10.2. The van der Waals surface area contributed by atoms with Gasteiger partial charge in [0.1, 0.15) is 5.69 Å². The molecule has 1 aromatic carbocycles. The molecule has 0 bridgehead atoms. The molecule has 2 heterocycles. The first kappa shape index (κ1) is 15.0. The number of hydrogen-bond donors (Lipinski definition) is 1. The molecule has 6 heteroatoms.